The van der Waals surface area contributed by atoms with Gasteiger partial charge in [-0.2, -0.15) is 0 Å². The fraction of sp³-hybridized carbons (Fsp3) is 0.417. The van der Waals surface area contributed by atoms with Crippen molar-refractivity contribution in [2.24, 2.45) is 5.92 Å². The molecule has 1 unspecified atom stereocenters. The molecule has 2 nitrogen and oxygen atoms in total. The largest absolute Gasteiger partial charge is 0.381 e. The molecular weight excluding hydrogens is 208 g/mol. The molecule has 1 aromatic rings. The molecule has 0 bridgehead atoms. The summed E-state index contributed by atoms with van der Waals surface area (Å²) >= 11 is 1.61. The van der Waals surface area contributed by atoms with Crippen molar-refractivity contribution in [3.8, 4) is 0 Å². The first-order chi connectivity index (χ1) is 7.36. The SMILES string of the molecule is O=C(CSc1ccccc1)C1CCOC1. The molecule has 0 amide bonds. The smallest absolute Gasteiger partial charge is 0.148 e. The predicted octanol–water partition coefficient (Wildman–Crippen LogP) is 2.38. The molecule has 2 rings (SSSR count). The van der Waals surface area contributed by atoms with Crippen molar-refractivity contribution in [1.82, 2.24) is 0 Å². The highest BCUT2D eigenvalue weighted by Gasteiger charge is 2.22. The molecule has 3 heteroatoms. The van der Waals surface area contributed by atoms with Gasteiger partial charge in [-0.25, -0.2) is 0 Å². The molecule has 0 aromatic heterocycles. The van der Waals surface area contributed by atoms with Crippen LogP contribution in [-0.4, -0.2) is 24.7 Å². The zero-order valence-corrected chi connectivity index (χ0v) is 9.33. The average Bonchev–Trinajstić information content (AvgIpc) is 2.81. The van der Waals surface area contributed by atoms with Crippen LogP contribution in [0, 0.1) is 5.92 Å². The maximum absolute atomic E-state index is 11.7. The lowest BCUT2D eigenvalue weighted by molar-refractivity contribution is -0.120. The number of ketones is 1. The minimum atomic E-state index is 0.140. The fourth-order valence-electron chi connectivity index (χ4n) is 1.58. The van der Waals surface area contributed by atoms with E-state index < -0.39 is 0 Å². The summed E-state index contributed by atoms with van der Waals surface area (Å²) in [5.74, 6) is 1.03. The minimum Gasteiger partial charge on any atom is -0.381 e. The van der Waals surface area contributed by atoms with Crippen LogP contribution in [0.25, 0.3) is 0 Å². The number of carbonyl (C=O) groups excluding carboxylic acids is 1. The van der Waals surface area contributed by atoms with E-state index in [4.69, 9.17) is 4.74 Å². The molecule has 0 aliphatic carbocycles. The highest BCUT2D eigenvalue weighted by molar-refractivity contribution is 8.00. The first kappa shape index (κ1) is 10.7. The monoisotopic (exact) mass is 222 g/mol. The second-order valence-electron chi connectivity index (χ2n) is 3.63. The van der Waals surface area contributed by atoms with Gasteiger partial charge in [0.2, 0.25) is 0 Å². The van der Waals surface area contributed by atoms with Crippen LogP contribution in [0.3, 0.4) is 0 Å². The summed E-state index contributed by atoms with van der Waals surface area (Å²) in [6, 6.07) is 10.0. The summed E-state index contributed by atoms with van der Waals surface area (Å²) in [4.78, 5) is 12.9. The molecule has 1 heterocycles. The molecule has 0 radical (unpaired) electrons. The summed E-state index contributed by atoms with van der Waals surface area (Å²) in [6.45, 7) is 1.36. The number of carbonyl (C=O) groups is 1. The van der Waals surface area contributed by atoms with Gasteiger partial charge in [0.05, 0.1) is 12.4 Å². The molecule has 1 atom stereocenters. The van der Waals surface area contributed by atoms with Gasteiger partial charge in [-0.15, -0.1) is 11.8 Å². The van der Waals surface area contributed by atoms with Crippen LogP contribution < -0.4 is 0 Å². The Balaban J connectivity index is 1.80. The molecule has 1 aliphatic rings. The molecule has 80 valence electrons. The second kappa shape index (κ2) is 5.33. The van der Waals surface area contributed by atoms with Gasteiger partial charge in [0, 0.05) is 17.4 Å². The maximum Gasteiger partial charge on any atom is 0.148 e. The highest BCUT2D eigenvalue weighted by atomic mass is 32.2. The van der Waals surface area contributed by atoms with Crippen molar-refractivity contribution in [2.75, 3.05) is 19.0 Å². The Labute approximate surface area is 94.0 Å². The third kappa shape index (κ3) is 3.08. The van der Waals surface area contributed by atoms with Crippen molar-refractivity contribution < 1.29 is 9.53 Å². The fourth-order valence-corrected chi connectivity index (χ4v) is 2.47. The third-order valence-electron chi connectivity index (χ3n) is 2.51. The third-order valence-corrected chi connectivity index (χ3v) is 3.54. The lowest BCUT2D eigenvalue weighted by Gasteiger charge is -2.05. The van der Waals surface area contributed by atoms with E-state index in [1.807, 2.05) is 30.3 Å². The number of rotatable bonds is 4. The number of hydrogen-bond acceptors (Lipinski definition) is 3. The Kier molecular flexibility index (Phi) is 3.80. The van der Waals surface area contributed by atoms with Crippen LogP contribution in [0.15, 0.2) is 35.2 Å². The van der Waals surface area contributed by atoms with Crippen LogP contribution in [0.5, 0.6) is 0 Å². The van der Waals surface area contributed by atoms with E-state index in [1.54, 1.807) is 11.8 Å². The molecule has 1 saturated heterocycles. The van der Waals surface area contributed by atoms with Crippen LogP contribution >= 0.6 is 11.8 Å². The topological polar surface area (TPSA) is 26.3 Å². The Morgan fingerprint density at radius 1 is 1.40 bits per heavy atom. The Morgan fingerprint density at radius 2 is 2.20 bits per heavy atom. The van der Waals surface area contributed by atoms with Gasteiger partial charge in [0.15, 0.2) is 0 Å². The Hall–Kier alpha value is -0.800. The van der Waals surface area contributed by atoms with Crippen LogP contribution in [0.1, 0.15) is 6.42 Å². The first-order valence-corrected chi connectivity index (χ1v) is 6.13. The molecule has 0 spiro atoms. The van der Waals surface area contributed by atoms with Crippen molar-refractivity contribution in [3.05, 3.63) is 30.3 Å². The van der Waals surface area contributed by atoms with Crippen LogP contribution in [-0.2, 0) is 9.53 Å². The van der Waals surface area contributed by atoms with Gasteiger partial charge >= 0.3 is 0 Å². The van der Waals surface area contributed by atoms with Gasteiger partial charge in [0.1, 0.15) is 5.78 Å². The molecular formula is C12H14O2S. The van der Waals surface area contributed by atoms with Gasteiger partial charge < -0.3 is 4.74 Å². The maximum atomic E-state index is 11.7. The zero-order valence-electron chi connectivity index (χ0n) is 8.52. The number of benzene rings is 1. The van der Waals surface area contributed by atoms with Gasteiger partial charge in [-0.1, -0.05) is 18.2 Å². The van der Waals surface area contributed by atoms with Crippen molar-refractivity contribution >= 4 is 17.5 Å². The first-order valence-electron chi connectivity index (χ1n) is 5.14. The predicted molar refractivity (Wildman–Crippen MR) is 61.1 cm³/mol. The second-order valence-corrected chi connectivity index (χ2v) is 4.68. The van der Waals surface area contributed by atoms with Gasteiger partial charge in [-0.3, -0.25) is 4.79 Å². The van der Waals surface area contributed by atoms with Crippen LogP contribution in [0.2, 0.25) is 0 Å². The number of hydrogen-bond donors (Lipinski definition) is 0. The zero-order chi connectivity index (χ0) is 10.5. The van der Waals surface area contributed by atoms with Gasteiger partial charge in [-0.05, 0) is 18.6 Å². The average molecular weight is 222 g/mol. The number of ether oxygens (including phenoxy) is 1. The lowest BCUT2D eigenvalue weighted by Crippen LogP contribution is -2.16. The van der Waals surface area contributed by atoms with E-state index in [-0.39, 0.29) is 5.92 Å². The standard InChI is InChI=1S/C12H14O2S/c13-12(10-6-7-14-8-10)9-15-11-4-2-1-3-5-11/h1-5,10H,6-9H2. The van der Waals surface area contributed by atoms with E-state index in [9.17, 15) is 4.79 Å². The summed E-state index contributed by atoms with van der Waals surface area (Å²) in [6.07, 6.45) is 0.897. The summed E-state index contributed by atoms with van der Waals surface area (Å²) in [5, 5.41) is 0. The lowest BCUT2D eigenvalue weighted by atomic mass is 10.1. The summed E-state index contributed by atoms with van der Waals surface area (Å²) in [7, 11) is 0. The normalized spacial score (nSPS) is 20.4. The summed E-state index contributed by atoms with van der Waals surface area (Å²) in [5.41, 5.74) is 0. The van der Waals surface area contributed by atoms with E-state index in [0.29, 0.717) is 18.1 Å². The van der Waals surface area contributed by atoms with E-state index in [2.05, 4.69) is 0 Å². The van der Waals surface area contributed by atoms with Crippen molar-refractivity contribution in [3.63, 3.8) is 0 Å². The van der Waals surface area contributed by atoms with E-state index in [0.717, 1.165) is 17.9 Å². The molecule has 1 fully saturated rings. The Bertz CT molecular complexity index is 318. The van der Waals surface area contributed by atoms with Gasteiger partial charge in [0.25, 0.3) is 0 Å². The van der Waals surface area contributed by atoms with Crippen molar-refractivity contribution in [1.29, 1.82) is 0 Å². The quantitative estimate of drug-likeness (QED) is 0.732. The molecule has 1 aromatic carbocycles. The molecule has 0 saturated carbocycles. The van der Waals surface area contributed by atoms with Crippen molar-refractivity contribution in [2.45, 2.75) is 11.3 Å². The summed E-state index contributed by atoms with van der Waals surface area (Å²) < 4.78 is 5.20. The Morgan fingerprint density at radius 3 is 2.87 bits per heavy atom. The highest BCUT2D eigenvalue weighted by Crippen LogP contribution is 2.21. The molecule has 15 heavy (non-hydrogen) atoms. The van der Waals surface area contributed by atoms with Crippen LogP contribution in [0.4, 0.5) is 0 Å². The molecule has 0 N–H and O–H groups in total. The van der Waals surface area contributed by atoms with E-state index in [1.165, 1.54) is 0 Å². The number of thioether (sulfide) groups is 1. The van der Waals surface area contributed by atoms with E-state index >= 15 is 0 Å². The minimum absolute atomic E-state index is 0.140. The molecule has 1 aliphatic heterocycles. The number of Topliss-reactive ketones (excluding diaryl/α,β-unsaturated/α-hetero) is 1.